The van der Waals surface area contributed by atoms with E-state index in [2.05, 4.69) is 0 Å². The van der Waals surface area contributed by atoms with Crippen LogP contribution in [0.4, 0.5) is 0 Å². The van der Waals surface area contributed by atoms with Gasteiger partial charge in [-0.25, -0.2) is 0 Å². The number of aromatic hydroxyl groups is 3. The van der Waals surface area contributed by atoms with Crippen LogP contribution in [-0.2, 0) is 27.2 Å². The van der Waals surface area contributed by atoms with Gasteiger partial charge in [-0.2, -0.15) is 0 Å². The molecule has 33 heavy (non-hydrogen) atoms. The minimum atomic E-state index is -0.782. The van der Waals surface area contributed by atoms with Crippen molar-refractivity contribution in [2.75, 3.05) is 0 Å². The van der Waals surface area contributed by atoms with Crippen LogP contribution in [0.1, 0.15) is 103 Å². The molecule has 0 aromatic heterocycles. The number of aliphatic carboxylic acids is 1. The maximum absolute atomic E-state index is 11.2. The fraction of sp³-hybridized carbons (Fsp3) is 0.692. The number of rotatable bonds is 17. The Morgan fingerprint density at radius 1 is 0.788 bits per heavy atom. The number of phenols is 3. The van der Waals surface area contributed by atoms with Crippen molar-refractivity contribution in [3.63, 3.8) is 0 Å². The van der Waals surface area contributed by atoms with Gasteiger partial charge in [0, 0.05) is 0 Å². The van der Waals surface area contributed by atoms with Crippen molar-refractivity contribution in [2.45, 2.75) is 110 Å². The van der Waals surface area contributed by atoms with Crippen molar-refractivity contribution in [1.82, 2.24) is 0 Å². The Hall–Kier alpha value is -2.44. The Labute approximate surface area is 197 Å². The van der Waals surface area contributed by atoms with Crippen molar-refractivity contribution >= 4 is 12.4 Å². The highest BCUT2D eigenvalue weighted by Crippen LogP contribution is 2.41. The quantitative estimate of drug-likeness (QED) is 0.129. The van der Waals surface area contributed by atoms with Crippen LogP contribution >= 0.6 is 0 Å². The molecule has 0 atom stereocenters. The van der Waals surface area contributed by atoms with Crippen LogP contribution in [0.25, 0.3) is 0 Å². The second kappa shape index (κ2) is 13.3. The molecule has 0 aliphatic rings. The number of hydrogen-bond donors (Lipinski definition) is 4. The molecule has 0 radical (unpaired) electrons. The van der Waals surface area contributed by atoms with Gasteiger partial charge >= 0.3 is 5.97 Å². The number of aryl methyl sites for hydroxylation is 2. The van der Waals surface area contributed by atoms with E-state index in [9.17, 15) is 24.9 Å². The monoisotopic (exact) mass is 466 g/mol. The lowest BCUT2D eigenvalue weighted by Crippen LogP contribution is -2.23. The number of carbonyl (C=O) groups is 2. The van der Waals surface area contributed by atoms with E-state index in [-0.39, 0.29) is 11.5 Å². The summed E-state index contributed by atoms with van der Waals surface area (Å²) in [5.74, 6) is -1.76. The summed E-state index contributed by atoms with van der Waals surface area (Å²) in [6.07, 6.45) is 9.73. The zero-order valence-electron chi connectivity index (χ0n) is 20.7. The lowest BCUT2D eigenvalue weighted by molar-refractivity contribution is -0.147. The van der Waals surface area contributed by atoms with Crippen molar-refractivity contribution in [3.05, 3.63) is 17.2 Å². The van der Waals surface area contributed by atoms with E-state index in [1.807, 2.05) is 13.8 Å². The summed E-state index contributed by atoms with van der Waals surface area (Å²) >= 11 is 0. The van der Waals surface area contributed by atoms with Crippen molar-refractivity contribution in [2.24, 2.45) is 5.41 Å². The van der Waals surface area contributed by atoms with E-state index in [0.717, 1.165) is 57.8 Å². The number of benzene rings is 1. The highest BCUT2D eigenvalue weighted by Gasteiger charge is 2.26. The van der Waals surface area contributed by atoms with Crippen LogP contribution in [0, 0.1) is 5.41 Å². The first-order valence-electron chi connectivity index (χ1n) is 12.0. The van der Waals surface area contributed by atoms with Crippen molar-refractivity contribution in [1.29, 1.82) is 0 Å². The Bertz CT molecular complexity index is 768. The van der Waals surface area contributed by atoms with Gasteiger partial charge in [0.25, 0.3) is 6.47 Å². The van der Waals surface area contributed by atoms with E-state index < -0.39 is 22.7 Å². The third kappa shape index (κ3) is 9.93. The van der Waals surface area contributed by atoms with Crippen LogP contribution in [0.15, 0.2) is 6.07 Å². The Balaban J connectivity index is 2.47. The molecule has 0 fully saturated rings. The van der Waals surface area contributed by atoms with Crippen LogP contribution in [0.5, 0.6) is 17.2 Å². The van der Waals surface area contributed by atoms with Crippen molar-refractivity contribution < 1.29 is 34.8 Å². The number of ether oxygens (including phenoxy) is 1. The lowest BCUT2D eigenvalue weighted by Gasteiger charge is -2.22. The lowest BCUT2D eigenvalue weighted by atomic mass is 9.87. The maximum Gasteiger partial charge on any atom is 0.309 e. The molecule has 0 saturated heterocycles. The Kier molecular flexibility index (Phi) is 11.5. The van der Waals surface area contributed by atoms with Gasteiger partial charge in [-0.1, -0.05) is 32.1 Å². The molecular weight excluding hydrogens is 424 g/mol. The van der Waals surface area contributed by atoms with Gasteiger partial charge in [-0.05, 0) is 89.8 Å². The average molecular weight is 467 g/mol. The van der Waals surface area contributed by atoms with Gasteiger partial charge in [-0.15, -0.1) is 0 Å². The SMILES string of the molecule is CC(C)(CCCCCCc1cc(CCCCCCC(C)(C)C(=O)O)c(O)c(O)c1O)OC=O. The minimum absolute atomic E-state index is 0.257. The van der Waals surface area contributed by atoms with E-state index in [1.54, 1.807) is 19.9 Å². The first-order chi connectivity index (χ1) is 15.4. The summed E-state index contributed by atoms with van der Waals surface area (Å²) in [6, 6.07) is 1.78. The fourth-order valence-electron chi connectivity index (χ4n) is 3.90. The zero-order chi connectivity index (χ0) is 25.1. The maximum atomic E-state index is 11.2. The fourth-order valence-corrected chi connectivity index (χ4v) is 3.90. The summed E-state index contributed by atoms with van der Waals surface area (Å²) in [7, 11) is 0. The van der Waals surface area contributed by atoms with E-state index in [1.165, 1.54) is 0 Å². The van der Waals surface area contributed by atoms with Gasteiger partial charge in [0.05, 0.1) is 5.41 Å². The molecule has 0 spiro atoms. The van der Waals surface area contributed by atoms with Crippen LogP contribution < -0.4 is 0 Å². The van der Waals surface area contributed by atoms with Crippen LogP contribution in [0.3, 0.4) is 0 Å². The first kappa shape index (κ1) is 28.6. The second-order valence-electron chi connectivity index (χ2n) is 10.2. The van der Waals surface area contributed by atoms with Crippen LogP contribution in [-0.4, -0.2) is 38.5 Å². The zero-order valence-corrected chi connectivity index (χ0v) is 20.7. The van der Waals surface area contributed by atoms with Gasteiger partial charge in [-0.3, -0.25) is 9.59 Å². The summed E-state index contributed by atoms with van der Waals surface area (Å²) in [5, 5.41) is 39.7. The Morgan fingerprint density at radius 3 is 1.70 bits per heavy atom. The average Bonchev–Trinajstić information content (AvgIpc) is 2.73. The number of unbranched alkanes of at least 4 members (excludes halogenated alkanes) is 6. The molecular formula is C26H42O7. The number of carboxylic acids is 1. The van der Waals surface area contributed by atoms with Crippen molar-refractivity contribution in [3.8, 4) is 17.2 Å². The molecule has 0 heterocycles. The third-order valence-corrected chi connectivity index (χ3v) is 6.32. The third-order valence-electron chi connectivity index (χ3n) is 6.32. The predicted octanol–water partition coefficient (Wildman–Crippen LogP) is 5.85. The molecule has 0 aliphatic carbocycles. The summed E-state index contributed by atoms with van der Waals surface area (Å²) in [6.45, 7) is 7.72. The molecule has 1 rings (SSSR count). The molecule has 0 unspecified atom stereocenters. The molecule has 1 aromatic rings. The molecule has 0 aliphatic heterocycles. The van der Waals surface area contributed by atoms with Crippen LogP contribution in [0.2, 0.25) is 0 Å². The topological polar surface area (TPSA) is 124 Å². The van der Waals surface area contributed by atoms with E-state index in [0.29, 0.717) is 36.9 Å². The number of phenolic OH excluding ortho intramolecular Hbond substituents is 3. The molecule has 0 saturated carbocycles. The summed E-state index contributed by atoms with van der Waals surface area (Å²) in [5.41, 5.74) is 0.0894. The van der Waals surface area contributed by atoms with Gasteiger partial charge in [0.1, 0.15) is 5.60 Å². The van der Waals surface area contributed by atoms with Gasteiger partial charge in [0.15, 0.2) is 11.5 Å². The summed E-state index contributed by atoms with van der Waals surface area (Å²) < 4.78 is 5.05. The highest BCUT2D eigenvalue weighted by molar-refractivity contribution is 5.73. The molecule has 0 amide bonds. The molecule has 7 heteroatoms. The van der Waals surface area contributed by atoms with Gasteiger partial charge < -0.3 is 25.2 Å². The predicted molar refractivity (Wildman–Crippen MR) is 128 cm³/mol. The van der Waals surface area contributed by atoms with E-state index in [4.69, 9.17) is 9.84 Å². The largest absolute Gasteiger partial charge is 0.504 e. The molecule has 0 bridgehead atoms. The number of hydrogen-bond acceptors (Lipinski definition) is 6. The molecule has 1 aromatic carbocycles. The smallest absolute Gasteiger partial charge is 0.309 e. The number of carboxylic acid groups (broad SMARTS) is 1. The standard InChI is InChI=1S/C26H42O7/c1-25(2,24(31)32)15-11-7-5-9-13-19-17-20(22(29)23(30)21(19)28)14-10-6-8-12-16-26(3,4)33-18-27/h17-18,28-30H,5-16H2,1-4H3,(H,31,32). The summed E-state index contributed by atoms with van der Waals surface area (Å²) in [4.78, 5) is 21.6. The van der Waals surface area contributed by atoms with E-state index >= 15 is 0 Å². The number of carbonyl (C=O) groups excluding carboxylic acids is 1. The molecule has 4 N–H and O–H groups in total. The second-order valence-corrected chi connectivity index (χ2v) is 10.2. The first-order valence-corrected chi connectivity index (χ1v) is 12.0. The van der Waals surface area contributed by atoms with Gasteiger partial charge in [0.2, 0.25) is 5.75 Å². The normalized spacial score (nSPS) is 12.0. The minimum Gasteiger partial charge on any atom is -0.504 e. The highest BCUT2D eigenvalue weighted by atomic mass is 16.5. The molecule has 188 valence electrons. The Morgan fingerprint density at radius 2 is 1.24 bits per heavy atom. The molecule has 7 nitrogen and oxygen atoms in total.